The average molecular weight is 288 g/mol. The molecule has 0 aromatic heterocycles. The van der Waals surface area contributed by atoms with Gasteiger partial charge in [-0.15, -0.1) is 0 Å². The molecule has 4 N–H and O–H groups in total. The van der Waals surface area contributed by atoms with Gasteiger partial charge in [0.15, 0.2) is 0 Å². The maximum atomic E-state index is 12.4. The van der Waals surface area contributed by atoms with Crippen LogP contribution in [0.15, 0.2) is 0 Å². The smallest absolute Gasteiger partial charge is 0.326 e. The van der Waals surface area contributed by atoms with E-state index in [-0.39, 0.29) is 12.5 Å². The van der Waals surface area contributed by atoms with Gasteiger partial charge in [-0.2, -0.15) is 0 Å². The number of nitrogens with two attached hydrogens (primary N) is 1. The maximum absolute atomic E-state index is 12.4. The second-order valence-corrected chi connectivity index (χ2v) is 5.10. The first-order chi connectivity index (χ1) is 9.55. The third kappa shape index (κ3) is 4.43. The molecule has 7 nitrogen and oxygen atoms in total. The van der Waals surface area contributed by atoms with Crippen LogP contribution in [0.1, 0.15) is 25.7 Å². The van der Waals surface area contributed by atoms with E-state index in [1.165, 1.54) is 0 Å². The third-order valence-corrected chi connectivity index (χ3v) is 3.77. The van der Waals surface area contributed by atoms with Crippen LogP contribution in [-0.4, -0.2) is 56.5 Å². The summed E-state index contributed by atoms with van der Waals surface area (Å²) >= 11 is 0. The van der Waals surface area contributed by atoms with Crippen LogP contribution in [0.3, 0.4) is 0 Å². The van der Waals surface area contributed by atoms with Crippen LogP contribution in [0.5, 0.6) is 0 Å². The third-order valence-electron chi connectivity index (χ3n) is 3.77. The highest BCUT2D eigenvalue weighted by Crippen LogP contribution is 2.29. The normalized spacial score (nSPS) is 19.3. The quantitative estimate of drug-likeness (QED) is 0.531. The lowest BCUT2D eigenvalue weighted by atomic mass is 9.79. The van der Waals surface area contributed by atoms with E-state index in [2.05, 4.69) is 5.32 Å². The first-order valence-corrected chi connectivity index (χ1v) is 6.86. The largest absolute Gasteiger partial charge is 0.480 e. The van der Waals surface area contributed by atoms with Crippen molar-refractivity contribution in [2.24, 2.45) is 11.1 Å². The van der Waals surface area contributed by atoms with Gasteiger partial charge in [-0.05, 0) is 25.7 Å². The van der Waals surface area contributed by atoms with Gasteiger partial charge in [-0.3, -0.25) is 4.79 Å². The number of rotatable bonds is 8. The Kier molecular flexibility index (Phi) is 6.90. The van der Waals surface area contributed by atoms with Gasteiger partial charge in [0.25, 0.3) is 0 Å². The molecule has 0 bridgehead atoms. The Bertz CT molecular complexity index is 329. The van der Waals surface area contributed by atoms with Crippen molar-refractivity contribution < 1.29 is 24.2 Å². The van der Waals surface area contributed by atoms with Crippen molar-refractivity contribution in [1.82, 2.24) is 5.32 Å². The SMILES string of the molecule is COCCCC(NC(=O)C1(CN)CCOCC1)C(=O)O. The minimum Gasteiger partial charge on any atom is -0.480 e. The van der Waals surface area contributed by atoms with Crippen LogP contribution < -0.4 is 11.1 Å². The standard InChI is InChI=1S/C13H24N2O5/c1-19-6-2-3-10(11(16)17)15-12(18)13(9-14)4-7-20-8-5-13/h10H,2-9,14H2,1H3,(H,15,18)(H,16,17). The van der Waals surface area contributed by atoms with E-state index in [9.17, 15) is 9.59 Å². The van der Waals surface area contributed by atoms with Crippen LogP contribution in [0, 0.1) is 5.41 Å². The van der Waals surface area contributed by atoms with E-state index in [0.717, 1.165) is 0 Å². The number of methoxy groups -OCH3 is 1. The first-order valence-electron chi connectivity index (χ1n) is 6.86. The topological polar surface area (TPSA) is 111 Å². The number of nitrogens with one attached hydrogen (secondary N) is 1. The molecule has 0 aromatic carbocycles. The lowest BCUT2D eigenvalue weighted by molar-refractivity contribution is -0.146. The summed E-state index contributed by atoms with van der Waals surface area (Å²) in [5.41, 5.74) is 5.03. The van der Waals surface area contributed by atoms with Crippen LogP contribution in [0.2, 0.25) is 0 Å². The number of ether oxygens (including phenoxy) is 2. The summed E-state index contributed by atoms with van der Waals surface area (Å²) in [6, 6.07) is -0.899. The number of aliphatic carboxylic acids is 1. The lowest BCUT2D eigenvalue weighted by Crippen LogP contribution is -2.53. The number of carbonyl (C=O) groups is 2. The zero-order chi connectivity index (χ0) is 15.0. The molecule has 1 saturated heterocycles. The summed E-state index contributed by atoms with van der Waals surface area (Å²) in [6.45, 7) is 1.63. The van der Waals surface area contributed by atoms with Crippen molar-refractivity contribution in [3.63, 3.8) is 0 Å². The van der Waals surface area contributed by atoms with Crippen molar-refractivity contribution in [3.8, 4) is 0 Å². The zero-order valence-corrected chi connectivity index (χ0v) is 11.9. The van der Waals surface area contributed by atoms with E-state index in [1.54, 1.807) is 7.11 Å². The number of carboxylic acids is 1. The molecule has 1 aliphatic rings. The fourth-order valence-corrected chi connectivity index (χ4v) is 2.29. The Morgan fingerprint density at radius 1 is 1.45 bits per heavy atom. The molecule has 7 heteroatoms. The van der Waals surface area contributed by atoms with Gasteiger partial charge < -0.3 is 25.6 Å². The lowest BCUT2D eigenvalue weighted by Gasteiger charge is -2.35. The Morgan fingerprint density at radius 2 is 2.10 bits per heavy atom. The average Bonchev–Trinajstić information content (AvgIpc) is 2.46. The highest BCUT2D eigenvalue weighted by atomic mass is 16.5. The van der Waals surface area contributed by atoms with E-state index < -0.39 is 17.4 Å². The predicted molar refractivity (Wildman–Crippen MR) is 72.2 cm³/mol. The Labute approximate surface area is 118 Å². The highest BCUT2D eigenvalue weighted by molar-refractivity contribution is 5.87. The molecule has 0 aliphatic carbocycles. The molecule has 20 heavy (non-hydrogen) atoms. The van der Waals surface area contributed by atoms with Gasteiger partial charge in [0.05, 0.1) is 5.41 Å². The van der Waals surface area contributed by atoms with Crippen LogP contribution in [-0.2, 0) is 19.1 Å². The highest BCUT2D eigenvalue weighted by Gasteiger charge is 2.40. The molecule has 0 saturated carbocycles. The summed E-state index contributed by atoms with van der Waals surface area (Å²) < 4.78 is 10.1. The van der Waals surface area contributed by atoms with Crippen molar-refractivity contribution in [2.75, 3.05) is 33.5 Å². The Morgan fingerprint density at radius 3 is 2.60 bits per heavy atom. The van der Waals surface area contributed by atoms with Crippen molar-refractivity contribution in [2.45, 2.75) is 31.7 Å². The molecule has 0 spiro atoms. The molecule has 1 atom stereocenters. The Balaban J connectivity index is 2.61. The van der Waals surface area contributed by atoms with Crippen LogP contribution in [0.25, 0.3) is 0 Å². The second-order valence-electron chi connectivity index (χ2n) is 5.10. The van der Waals surface area contributed by atoms with Crippen LogP contribution >= 0.6 is 0 Å². The molecule has 0 aromatic rings. The van der Waals surface area contributed by atoms with Crippen molar-refractivity contribution in [1.29, 1.82) is 0 Å². The molecule has 1 fully saturated rings. The minimum absolute atomic E-state index is 0.201. The Hall–Kier alpha value is -1.18. The molecule has 1 unspecified atom stereocenters. The monoisotopic (exact) mass is 288 g/mol. The summed E-state index contributed by atoms with van der Waals surface area (Å²) in [5.74, 6) is -1.32. The summed E-state index contributed by atoms with van der Waals surface area (Å²) in [5, 5.41) is 11.8. The van der Waals surface area contributed by atoms with Gasteiger partial charge in [0, 0.05) is 33.5 Å². The number of hydrogen-bond acceptors (Lipinski definition) is 5. The van der Waals surface area contributed by atoms with Crippen molar-refractivity contribution in [3.05, 3.63) is 0 Å². The van der Waals surface area contributed by atoms with Gasteiger partial charge in [0.1, 0.15) is 6.04 Å². The van der Waals surface area contributed by atoms with Crippen LogP contribution in [0.4, 0.5) is 0 Å². The summed E-state index contributed by atoms with van der Waals surface area (Å²) in [4.78, 5) is 23.6. The fraction of sp³-hybridized carbons (Fsp3) is 0.846. The van der Waals surface area contributed by atoms with E-state index in [0.29, 0.717) is 45.5 Å². The maximum Gasteiger partial charge on any atom is 0.326 e. The number of amides is 1. The minimum atomic E-state index is -1.03. The molecule has 0 radical (unpaired) electrons. The first kappa shape index (κ1) is 16.9. The van der Waals surface area contributed by atoms with E-state index in [4.69, 9.17) is 20.3 Å². The molecule has 1 aliphatic heterocycles. The van der Waals surface area contributed by atoms with Crippen molar-refractivity contribution >= 4 is 11.9 Å². The molecule has 1 heterocycles. The van der Waals surface area contributed by atoms with E-state index >= 15 is 0 Å². The molecular weight excluding hydrogens is 264 g/mol. The summed E-state index contributed by atoms with van der Waals surface area (Å²) in [6.07, 6.45) is 1.97. The zero-order valence-electron chi connectivity index (χ0n) is 11.9. The fourth-order valence-electron chi connectivity index (χ4n) is 2.29. The van der Waals surface area contributed by atoms with E-state index in [1.807, 2.05) is 0 Å². The molecular formula is C13H24N2O5. The number of carboxylic acid groups (broad SMARTS) is 1. The number of hydrogen-bond donors (Lipinski definition) is 3. The molecule has 1 amide bonds. The van der Waals surface area contributed by atoms with Gasteiger partial charge >= 0.3 is 5.97 Å². The second kappa shape index (κ2) is 8.18. The molecule has 116 valence electrons. The summed E-state index contributed by atoms with van der Waals surface area (Å²) in [7, 11) is 1.56. The van der Waals surface area contributed by atoms with Gasteiger partial charge in [-0.25, -0.2) is 4.79 Å². The van der Waals surface area contributed by atoms with Gasteiger partial charge in [-0.1, -0.05) is 0 Å². The predicted octanol–water partition coefficient (Wildman–Crippen LogP) is -0.262. The molecule has 1 rings (SSSR count). The number of carbonyl (C=O) groups excluding carboxylic acids is 1. The van der Waals surface area contributed by atoms with Gasteiger partial charge in [0.2, 0.25) is 5.91 Å².